The molecule has 0 spiro atoms. The fourth-order valence-corrected chi connectivity index (χ4v) is 1.17. The van der Waals surface area contributed by atoms with Gasteiger partial charge in [-0.25, -0.2) is 0 Å². The number of halogens is 1. The van der Waals surface area contributed by atoms with Crippen LogP contribution in [0, 0.1) is 6.92 Å². The van der Waals surface area contributed by atoms with Crippen molar-refractivity contribution in [3.63, 3.8) is 0 Å². The second-order valence-electron chi connectivity index (χ2n) is 2.99. The van der Waals surface area contributed by atoms with Crippen molar-refractivity contribution in [3.8, 4) is 11.7 Å². The SMILES string of the molecule is Cc1ccoc1-c1nnc(C(C)Cl)o1. The largest absolute Gasteiger partial charge is 0.459 e. The average molecular weight is 213 g/mol. The van der Waals surface area contributed by atoms with Gasteiger partial charge in [-0.2, -0.15) is 0 Å². The molecule has 0 amide bonds. The zero-order valence-corrected chi connectivity index (χ0v) is 8.58. The first-order valence-corrected chi connectivity index (χ1v) is 4.64. The van der Waals surface area contributed by atoms with E-state index < -0.39 is 0 Å². The van der Waals surface area contributed by atoms with Crippen LogP contribution in [0.4, 0.5) is 0 Å². The number of nitrogens with zero attached hydrogens (tertiary/aromatic N) is 2. The van der Waals surface area contributed by atoms with E-state index in [4.69, 9.17) is 20.4 Å². The highest BCUT2D eigenvalue weighted by molar-refractivity contribution is 6.20. The van der Waals surface area contributed by atoms with Crippen LogP contribution in [-0.2, 0) is 0 Å². The second kappa shape index (κ2) is 3.46. The van der Waals surface area contributed by atoms with E-state index in [9.17, 15) is 0 Å². The molecule has 0 fully saturated rings. The molecule has 0 saturated carbocycles. The molecular weight excluding hydrogens is 204 g/mol. The molecule has 1 atom stereocenters. The Balaban J connectivity index is 2.39. The summed E-state index contributed by atoms with van der Waals surface area (Å²) in [5.41, 5.74) is 0.961. The highest BCUT2D eigenvalue weighted by atomic mass is 35.5. The standard InChI is InChI=1S/C9H9ClN2O2/c1-5-3-4-13-7(5)9-12-11-8(14-9)6(2)10/h3-4,6H,1-2H3. The number of hydrogen-bond donors (Lipinski definition) is 0. The molecule has 2 rings (SSSR count). The zero-order valence-electron chi connectivity index (χ0n) is 7.82. The molecular formula is C9H9ClN2O2. The van der Waals surface area contributed by atoms with Gasteiger partial charge in [-0.15, -0.1) is 21.8 Å². The number of hydrogen-bond acceptors (Lipinski definition) is 4. The molecule has 2 heterocycles. The quantitative estimate of drug-likeness (QED) is 0.719. The molecule has 14 heavy (non-hydrogen) atoms. The van der Waals surface area contributed by atoms with Crippen LogP contribution in [0.1, 0.15) is 23.8 Å². The molecule has 0 N–H and O–H groups in total. The summed E-state index contributed by atoms with van der Waals surface area (Å²) in [6.45, 7) is 3.68. The van der Waals surface area contributed by atoms with Gasteiger partial charge in [0.05, 0.1) is 6.26 Å². The Labute approximate surface area is 85.9 Å². The van der Waals surface area contributed by atoms with Gasteiger partial charge < -0.3 is 8.83 Å². The first-order valence-electron chi connectivity index (χ1n) is 4.20. The predicted octanol–water partition coefficient (Wildman–Crippen LogP) is 2.94. The monoisotopic (exact) mass is 212 g/mol. The van der Waals surface area contributed by atoms with Crippen molar-refractivity contribution in [2.75, 3.05) is 0 Å². The first-order chi connectivity index (χ1) is 6.68. The van der Waals surface area contributed by atoms with Crippen LogP contribution in [0.2, 0.25) is 0 Å². The van der Waals surface area contributed by atoms with Crippen molar-refractivity contribution in [3.05, 3.63) is 23.8 Å². The first kappa shape index (κ1) is 9.27. The topological polar surface area (TPSA) is 52.1 Å². The predicted molar refractivity (Wildman–Crippen MR) is 51.0 cm³/mol. The van der Waals surface area contributed by atoms with Gasteiger partial charge in [-0.3, -0.25) is 0 Å². The Bertz CT molecular complexity index is 433. The average Bonchev–Trinajstić information content (AvgIpc) is 2.71. The number of aromatic nitrogens is 2. The van der Waals surface area contributed by atoms with Gasteiger partial charge in [0.25, 0.3) is 5.89 Å². The minimum atomic E-state index is -0.286. The molecule has 0 aromatic carbocycles. The molecule has 0 bridgehead atoms. The van der Waals surface area contributed by atoms with E-state index >= 15 is 0 Å². The summed E-state index contributed by atoms with van der Waals surface area (Å²) in [4.78, 5) is 0. The van der Waals surface area contributed by atoms with Crippen molar-refractivity contribution in [1.82, 2.24) is 10.2 Å². The van der Waals surface area contributed by atoms with Gasteiger partial charge >= 0.3 is 0 Å². The minimum absolute atomic E-state index is 0.286. The molecule has 0 radical (unpaired) electrons. The van der Waals surface area contributed by atoms with E-state index in [1.165, 1.54) is 0 Å². The van der Waals surface area contributed by atoms with Crippen molar-refractivity contribution in [2.24, 2.45) is 0 Å². The van der Waals surface area contributed by atoms with Crippen LogP contribution in [0.5, 0.6) is 0 Å². The van der Waals surface area contributed by atoms with Gasteiger partial charge in [0.1, 0.15) is 5.38 Å². The summed E-state index contributed by atoms with van der Waals surface area (Å²) in [6, 6.07) is 1.84. The third-order valence-electron chi connectivity index (χ3n) is 1.84. The Hall–Kier alpha value is -1.29. The molecule has 2 aromatic heterocycles. The maximum Gasteiger partial charge on any atom is 0.283 e. The zero-order chi connectivity index (χ0) is 10.1. The van der Waals surface area contributed by atoms with Crippen LogP contribution in [-0.4, -0.2) is 10.2 Å². The molecule has 0 aliphatic rings. The summed E-state index contributed by atoms with van der Waals surface area (Å²) < 4.78 is 10.5. The lowest BCUT2D eigenvalue weighted by Crippen LogP contribution is -1.81. The van der Waals surface area contributed by atoms with E-state index in [-0.39, 0.29) is 5.38 Å². The van der Waals surface area contributed by atoms with Crippen molar-refractivity contribution >= 4 is 11.6 Å². The highest BCUT2D eigenvalue weighted by Crippen LogP contribution is 2.26. The van der Waals surface area contributed by atoms with E-state index in [1.54, 1.807) is 13.2 Å². The molecule has 0 aliphatic heterocycles. The Morgan fingerprint density at radius 2 is 2.21 bits per heavy atom. The van der Waals surface area contributed by atoms with E-state index in [1.807, 2.05) is 13.0 Å². The molecule has 2 aromatic rings. The molecule has 74 valence electrons. The maximum atomic E-state index is 5.79. The highest BCUT2D eigenvalue weighted by Gasteiger charge is 2.16. The number of furan rings is 1. The van der Waals surface area contributed by atoms with Gasteiger partial charge in [0.15, 0.2) is 5.76 Å². The smallest absolute Gasteiger partial charge is 0.283 e. The normalized spacial score (nSPS) is 13.1. The third-order valence-corrected chi connectivity index (χ3v) is 2.02. The maximum absolute atomic E-state index is 5.79. The van der Waals surface area contributed by atoms with Crippen LogP contribution in [0.3, 0.4) is 0 Å². The number of rotatable bonds is 2. The van der Waals surface area contributed by atoms with Crippen LogP contribution in [0.25, 0.3) is 11.7 Å². The molecule has 0 saturated heterocycles. The Kier molecular flexibility index (Phi) is 2.29. The van der Waals surface area contributed by atoms with E-state index in [0.29, 0.717) is 17.5 Å². The summed E-state index contributed by atoms with van der Waals surface area (Å²) in [5.74, 6) is 1.37. The molecule has 1 unspecified atom stereocenters. The number of alkyl halides is 1. The lowest BCUT2D eigenvalue weighted by molar-refractivity contribution is 0.480. The summed E-state index contributed by atoms with van der Waals surface area (Å²) >= 11 is 5.79. The summed E-state index contributed by atoms with van der Waals surface area (Å²) in [7, 11) is 0. The summed E-state index contributed by atoms with van der Waals surface area (Å²) in [5, 5.41) is 7.36. The minimum Gasteiger partial charge on any atom is -0.459 e. The third kappa shape index (κ3) is 1.53. The number of aryl methyl sites for hydroxylation is 1. The summed E-state index contributed by atoms with van der Waals surface area (Å²) in [6.07, 6.45) is 1.58. The second-order valence-corrected chi connectivity index (χ2v) is 3.65. The van der Waals surface area contributed by atoms with E-state index in [2.05, 4.69) is 10.2 Å². The molecule has 0 aliphatic carbocycles. The Morgan fingerprint density at radius 3 is 2.71 bits per heavy atom. The van der Waals surface area contributed by atoms with Gasteiger partial charge in [-0.05, 0) is 19.9 Å². The van der Waals surface area contributed by atoms with Crippen LogP contribution in [0.15, 0.2) is 21.2 Å². The van der Waals surface area contributed by atoms with Crippen molar-refractivity contribution in [2.45, 2.75) is 19.2 Å². The fraction of sp³-hybridized carbons (Fsp3) is 0.333. The van der Waals surface area contributed by atoms with Crippen molar-refractivity contribution < 1.29 is 8.83 Å². The lowest BCUT2D eigenvalue weighted by atomic mass is 10.3. The van der Waals surface area contributed by atoms with Crippen LogP contribution < -0.4 is 0 Å². The van der Waals surface area contributed by atoms with Gasteiger partial charge in [0.2, 0.25) is 5.89 Å². The van der Waals surface area contributed by atoms with Crippen molar-refractivity contribution in [1.29, 1.82) is 0 Å². The fourth-order valence-electron chi connectivity index (χ4n) is 1.08. The van der Waals surface area contributed by atoms with Crippen LogP contribution >= 0.6 is 11.6 Å². The lowest BCUT2D eigenvalue weighted by Gasteiger charge is -1.92. The van der Waals surface area contributed by atoms with E-state index in [0.717, 1.165) is 5.56 Å². The van der Waals surface area contributed by atoms with Gasteiger partial charge in [0, 0.05) is 5.56 Å². The molecule has 5 heteroatoms. The molecule has 4 nitrogen and oxygen atoms in total. The van der Waals surface area contributed by atoms with Gasteiger partial charge in [-0.1, -0.05) is 0 Å². The Morgan fingerprint density at radius 1 is 1.43 bits per heavy atom.